The third-order valence-electron chi connectivity index (χ3n) is 3.76. The van der Waals surface area contributed by atoms with E-state index in [-0.39, 0.29) is 0 Å². The zero-order valence-corrected chi connectivity index (χ0v) is 11.7. The van der Waals surface area contributed by atoms with E-state index in [2.05, 4.69) is 41.2 Å². The lowest BCUT2D eigenvalue weighted by Gasteiger charge is -2.35. The molecule has 0 amide bonds. The summed E-state index contributed by atoms with van der Waals surface area (Å²) in [6.07, 6.45) is 6.96. The minimum absolute atomic E-state index is 0.553. The molecule has 2 rings (SSSR count). The van der Waals surface area contributed by atoms with Gasteiger partial charge in [-0.05, 0) is 38.4 Å². The Morgan fingerprint density at radius 1 is 1.39 bits per heavy atom. The van der Waals surface area contributed by atoms with Crippen molar-refractivity contribution in [2.45, 2.75) is 45.6 Å². The van der Waals surface area contributed by atoms with Gasteiger partial charge in [0, 0.05) is 24.3 Å². The summed E-state index contributed by atoms with van der Waals surface area (Å²) >= 11 is 0. The quantitative estimate of drug-likeness (QED) is 0.863. The van der Waals surface area contributed by atoms with Crippen molar-refractivity contribution in [3.8, 4) is 0 Å². The molecule has 0 aliphatic carbocycles. The molecule has 1 aliphatic rings. The van der Waals surface area contributed by atoms with Gasteiger partial charge in [-0.15, -0.1) is 0 Å². The molecular weight excluding hydrogens is 222 g/mol. The van der Waals surface area contributed by atoms with Crippen LogP contribution in [0.3, 0.4) is 0 Å². The summed E-state index contributed by atoms with van der Waals surface area (Å²) in [6, 6.07) is 4.86. The van der Waals surface area contributed by atoms with Crippen LogP contribution in [0.2, 0.25) is 0 Å². The van der Waals surface area contributed by atoms with Crippen LogP contribution in [0.4, 0.5) is 5.82 Å². The normalized spacial score (nSPS) is 20.9. The van der Waals surface area contributed by atoms with Crippen molar-refractivity contribution in [3.05, 3.63) is 23.9 Å². The molecule has 1 fully saturated rings. The third kappa shape index (κ3) is 3.02. The number of nitrogens with zero attached hydrogens (tertiary/aromatic N) is 2. The number of aromatic nitrogens is 1. The van der Waals surface area contributed by atoms with E-state index >= 15 is 0 Å². The van der Waals surface area contributed by atoms with Crippen LogP contribution in [0.15, 0.2) is 18.3 Å². The number of piperidine rings is 1. The molecule has 3 heteroatoms. The molecule has 18 heavy (non-hydrogen) atoms. The summed E-state index contributed by atoms with van der Waals surface area (Å²) in [6.45, 7) is 7.81. The Labute approximate surface area is 111 Å². The van der Waals surface area contributed by atoms with Gasteiger partial charge in [-0.3, -0.25) is 4.90 Å². The fourth-order valence-corrected chi connectivity index (χ4v) is 2.80. The van der Waals surface area contributed by atoms with E-state index in [9.17, 15) is 0 Å². The number of nitrogens with one attached hydrogen (secondary N) is 1. The summed E-state index contributed by atoms with van der Waals surface area (Å²) in [7, 11) is 0. The molecule has 1 aliphatic heterocycles. The Kier molecular flexibility index (Phi) is 5.00. The number of likely N-dealkylation sites (tertiary alicyclic amines) is 1. The smallest absolute Gasteiger partial charge is 0.130 e. The van der Waals surface area contributed by atoms with Gasteiger partial charge >= 0.3 is 0 Å². The fraction of sp³-hybridized carbons (Fsp3) is 0.667. The molecule has 0 unspecified atom stereocenters. The average molecular weight is 247 g/mol. The van der Waals surface area contributed by atoms with Crippen molar-refractivity contribution in [1.29, 1.82) is 0 Å². The van der Waals surface area contributed by atoms with Crippen molar-refractivity contribution >= 4 is 5.82 Å². The fourth-order valence-electron chi connectivity index (χ4n) is 2.80. The van der Waals surface area contributed by atoms with E-state index in [4.69, 9.17) is 0 Å². The van der Waals surface area contributed by atoms with Gasteiger partial charge in [0.25, 0.3) is 0 Å². The lowest BCUT2D eigenvalue weighted by Crippen LogP contribution is -2.33. The maximum Gasteiger partial charge on any atom is 0.130 e. The second-order valence-corrected chi connectivity index (χ2v) is 5.01. The van der Waals surface area contributed by atoms with Crippen molar-refractivity contribution in [2.75, 3.05) is 25.0 Å². The molecular formula is C15H25N3. The molecule has 1 atom stereocenters. The molecule has 100 valence electrons. The zero-order valence-electron chi connectivity index (χ0n) is 11.7. The Bertz CT molecular complexity index is 365. The predicted octanol–water partition coefficient (Wildman–Crippen LogP) is 3.45. The summed E-state index contributed by atoms with van der Waals surface area (Å²) in [4.78, 5) is 7.10. The average Bonchev–Trinajstić information content (AvgIpc) is 2.45. The predicted molar refractivity (Wildman–Crippen MR) is 76.9 cm³/mol. The standard InChI is InChI=1S/C15H25N3/c1-3-10-16-15-13(8-7-11-17-15)14-9-5-6-12-18(14)4-2/h7-8,11,14H,3-6,9-10,12H2,1-2H3,(H,16,17)/t14-/m0/s1. The molecule has 2 heterocycles. The second kappa shape index (κ2) is 6.74. The molecule has 0 radical (unpaired) electrons. The van der Waals surface area contributed by atoms with Gasteiger partial charge in [-0.2, -0.15) is 0 Å². The highest BCUT2D eigenvalue weighted by Gasteiger charge is 2.24. The van der Waals surface area contributed by atoms with Crippen LogP contribution >= 0.6 is 0 Å². The summed E-state index contributed by atoms with van der Waals surface area (Å²) in [5, 5.41) is 3.47. The minimum Gasteiger partial charge on any atom is -0.370 e. The number of rotatable bonds is 5. The molecule has 1 N–H and O–H groups in total. The van der Waals surface area contributed by atoms with Gasteiger partial charge in [0.1, 0.15) is 5.82 Å². The van der Waals surface area contributed by atoms with Gasteiger partial charge in [0.15, 0.2) is 0 Å². The van der Waals surface area contributed by atoms with E-state index in [0.717, 1.165) is 25.3 Å². The first-order chi connectivity index (χ1) is 8.86. The highest BCUT2D eigenvalue weighted by molar-refractivity contribution is 5.45. The van der Waals surface area contributed by atoms with Crippen molar-refractivity contribution in [3.63, 3.8) is 0 Å². The highest BCUT2D eigenvalue weighted by atomic mass is 15.2. The van der Waals surface area contributed by atoms with Gasteiger partial charge in [0.2, 0.25) is 0 Å². The molecule has 0 saturated carbocycles. The third-order valence-corrected chi connectivity index (χ3v) is 3.76. The minimum atomic E-state index is 0.553. The summed E-state index contributed by atoms with van der Waals surface area (Å²) < 4.78 is 0. The molecule has 1 saturated heterocycles. The second-order valence-electron chi connectivity index (χ2n) is 5.01. The number of anilines is 1. The Morgan fingerprint density at radius 2 is 2.28 bits per heavy atom. The van der Waals surface area contributed by atoms with E-state index in [0.29, 0.717) is 6.04 Å². The first-order valence-corrected chi connectivity index (χ1v) is 7.29. The maximum absolute atomic E-state index is 4.52. The SMILES string of the molecule is CCCNc1ncccc1[C@@H]1CCCCN1CC. The van der Waals surface area contributed by atoms with Crippen LogP contribution in [0.1, 0.15) is 51.1 Å². The summed E-state index contributed by atoms with van der Waals surface area (Å²) in [5.41, 5.74) is 1.38. The number of pyridine rings is 1. The van der Waals surface area contributed by atoms with Crippen molar-refractivity contribution in [2.24, 2.45) is 0 Å². The van der Waals surface area contributed by atoms with Crippen LogP contribution in [0.25, 0.3) is 0 Å². The lowest BCUT2D eigenvalue weighted by molar-refractivity contribution is 0.157. The van der Waals surface area contributed by atoms with E-state index in [1.165, 1.54) is 31.4 Å². The Morgan fingerprint density at radius 3 is 3.06 bits per heavy atom. The van der Waals surface area contributed by atoms with Crippen LogP contribution in [-0.2, 0) is 0 Å². The molecule has 3 nitrogen and oxygen atoms in total. The van der Waals surface area contributed by atoms with Gasteiger partial charge < -0.3 is 5.32 Å². The lowest BCUT2D eigenvalue weighted by atomic mass is 9.95. The van der Waals surface area contributed by atoms with Crippen molar-refractivity contribution in [1.82, 2.24) is 9.88 Å². The number of hydrogen-bond acceptors (Lipinski definition) is 3. The topological polar surface area (TPSA) is 28.2 Å². The first-order valence-electron chi connectivity index (χ1n) is 7.29. The van der Waals surface area contributed by atoms with Crippen LogP contribution in [0, 0.1) is 0 Å². The Balaban J connectivity index is 2.19. The molecule has 0 aromatic carbocycles. The van der Waals surface area contributed by atoms with E-state index in [1.807, 2.05) is 6.20 Å². The monoisotopic (exact) mass is 247 g/mol. The highest BCUT2D eigenvalue weighted by Crippen LogP contribution is 2.33. The van der Waals surface area contributed by atoms with Crippen molar-refractivity contribution < 1.29 is 0 Å². The van der Waals surface area contributed by atoms with Crippen LogP contribution in [0.5, 0.6) is 0 Å². The molecule has 0 bridgehead atoms. The van der Waals surface area contributed by atoms with Gasteiger partial charge in [-0.25, -0.2) is 4.98 Å². The van der Waals surface area contributed by atoms with Gasteiger partial charge in [-0.1, -0.05) is 26.3 Å². The Hall–Kier alpha value is -1.09. The zero-order chi connectivity index (χ0) is 12.8. The first kappa shape index (κ1) is 13.3. The van der Waals surface area contributed by atoms with E-state index < -0.39 is 0 Å². The van der Waals surface area contributed by atoms with Crippen LogP contribution in [-0.4, -0.2) is 29.5 Å². The van der Waals surface area contributed by atoms with Crippen LogP contribution < -0.4 is 5.32 Å². The maximum atomic E-state index is 4.52. The molecule has 1 aromatic heterocycles. The summed E-state index contributed by atoms with van der Waals surface area (Å²) in [5.74, 6) is 1.09. The molecule has 1 aromatic rings. The largest absolute Gasteiger partial charge is 0.370 e. The van der Waals surface area contributed by atoms with Gasteiger partial charge in [0.05, 0.1) is 0 Å². The van der Waals surface area contributed by atoms with E-state index in [1.54, 1.807) is 0 Å². The molecule has 0 spiro atoms. The number of hydrogen-bond donors (Lipinski definition) is 1.